The second-order valence-electron chi connectivity index (χ2n) is 6.00. The number of aryl methyl sites for hydroxylation is 1. The topological polar surface area (TPSA) is 24.9 Å². The van der Waals surface area contributed by atoms with E-state index in [9.17, 15) is 0 Å². The number of aromatic nitrogens is 1. The molecule has 0 aliphatic heterocycles. The van der Waals surface area contributed by atoms with Crippen molar-refractivity contribution in [3.63, 3.8) is 0 Å². The summed E-state index contributed by atoms with van der Waals surface area (Å²) in [6.07, 6.45) is 5.48. The zero-order valence-electron chi connectivity index (χ0n) is 12.5. The highest BCUT2D eigenvalue weighted by Gasteiger charge is 2.23. The lowest BCUT2D eigenvalue weighted by Gasteiger charge is -2.20. The van der Waals surface area contributed by atoms with Crippen LogP contribution in [0.5, 0.6) is 0 Å². The van der Waals surface area contributed by atoms with Crippen LogP contribution in [0.4, 0.5) is 0 Å². The number of pyridine rings is 1. The van der Waals surface area contributed by atoms with Crippen LogP contribution in [0.3, 0.4) is 0 Å². The van der Waals surface area contributed by atoms with Crippen molar-refractivity contribution in [1.82, 2.24) is 10.3 Å². The van der Waals surface area contributed by atoms with E-state index in [2.05, 4.69) is 54.5 Å². The van der Waals surface area contributed by atoms with E-state index in [4.69, 9.17) is 0 Å². The fourth-order valence-electron chi connectivity index (χ4n) is 3.05. The van der Waals surface area contributed by atoms with Crippen LogP contribution in [0.25, 0.3) is 10.9 Å². The Hall–Kier alpha value is -1.41. The molecule has 1 fully saturated rings. The molecule has 1 saturated carbocycles. The number of para-hydroxylation sites is 1. The first kappa shape index (κ1) is 13.6. The molecule has 0 saturated heterocycles. The van der Waals surface area contributed by atoms with Crippen molar-refractivity contribution >= 4 is 10.9 Å². The van der Waals surface area contributed by atoms with Gasteiger partial charge in [-0.25, -0.2) is 0 Å². The van der Waals surface area contributed by atoms with Crippen LogP contribution in [0, 0.1) is 12.8 Å². The van der Waals surface area contributed by atoms with Crippen LogP contribution < -0.4 is 5.32 Å². The molecule has 1 aromatic heterocycles. The molecule has 1 aliphatic rings. The summed E-state index contributed by atoms with van der Waals surface area (Å²) < 4.78 is 0. The Kier molecular flexibility index (Phi) is 4.02. The maximum Gasteiger partial charge on any atom is 0.0708 e. The molecule has 2 nitrogen and oxygen atoms in total. The van der Waals surface area contributed by atoms with E-state index in [0.29, 0.717) is 6.04 Å². The number of fused-ring (bicyclic) bond motifs is 1. The molecule has 106 valence electrons. The highest BCUT2D eigenvalue weighted by Crippen LogP contribution is 2.37. The Morgan fingerprint density at radius 3 is 2.85 bits per heavy atom. The lowest BCUT2D eigenvalue weighted by atomic mass is 9.96. The van der Waals surface area contributed by atoms with Crippen molar-refractivity contribution in [3.05, 3.63) is 41.6 Å². The Labute approximate surface area is 121 Å². The molecule has 1 atom stereocenters. The molecular weight excluding hydrogens is 244 g/mol. The molecule has 2 aromatic rings. The lowest BCUT2D eigenvalue weighted by molar-refractivity contribution is 0.484. The second-order valence-corrected chi connectivity index (χ2v) is 6.00. The average Bonchev–Trinajstić information content (AvgIpc) is 3.26. The van der Waals surface area contributed by atoms with E-state index in [-0.39, 0.29) is 0 Å². The van der Waals surface area contributed by atoms with Crippen LogP contribution >= 0.6 is 0 Å². The molecule has 1 aliphatic carbocycles. The number of hydrogen-bond acceptors (Lipinski definition) is 2. The number of hydrogen-bond donors (Lipinski definition) is 1. The Morgan fingerprint density at radius 1 is 1.30 bits per heavy atom. The van der Waals surface area contributed by atoms with Crippen molar-refractivity contribution in [2.45, 2.75) is 45.6 Å². The largest absolute Gasteiger partial charge is 0.310 e. The summed E-state index contributed by atoms with van der Waals surface area (Å²) in [5, 5.41) is 4.98. The predicted molar refractivity (Wildman–Crippen MR) is 84.9 cm³/mol. The van der Waals surface area contributed by atoms with Crippen molar-refractivity contribution in [2.24, 2.45) is 5.92 Å². The zero-order valence-corrected chi connectivity index (χ0v) is 12.5. The van der Waals surface area contributed by atoms with Gasteiger partial charge in [0, 0.05) is 17.1 Å². The summed E-state index contributed by atoms with van der Waals surface area (Å²) in [7, 11) is 0. The molecule has 3 rings (SSSR count). The Bertz CT molecular complexity index is 587. The number of nitrogens with zero attached hydrogens (tertiary/aromatic N) is 1. The summed E-state index contributed by atoms with van der Waals surface area (Å²) >= 11 is 0. The average molecular weight is 268 g/mol. The molecule has 0 amide bonds. The monoisotopic (exact) mass is 268 g/mol. The molecule has 20 heavy (non-hydrogen) atoms. The lowest BCUT2D eigenvalue weighted by Crippen LogP contribution is -2.21. The first-order valence-electron chi connectivity index (χ1n) is 7.87. The third kappa shape index (κ3) is 3.01. The molecule has 0 spiro atoms. The zero-order chi connectivity index (χ0) is 13.9. The highest BCUT2D eigenvalue weighted by molar-refractivity contribution is 5.82. The third-order valence-electron chi connectivity index (χ3n) is 4.26. The summed E-state index contributed by atoms with van der Waals surface area (Å²) in [5.74, 6) is 0.991. The van der Waals surface area contributed by atoms with Gasteiger partial charge in [0.2, 0.25) is 0 Å². The van der Waals surface area contributed by atoms with Gasteiger partial charge in [0.25, 0.3) is 0 Å². The van der Waals surface area contributed by atoms with Gasteiger partial charge in [0.05, 0.1) is 5.52 Å². The van der Waals surface area contributed by atoms with Gasteiger partial charge in [-0.05, 0) is 49.9 Å². The van der Waals surface area contributed by atoms with Crippen molar-refractivity contribution in [2.75, 3.05) is 6.54 Å². The molecule has 2 heteroatoms. The summed E-state index contributed by atoms with van der Waals surface area (Å²) in [6.45, 7) is 5.31. The smallest absolute Gasteiger partial charge is 0.0708 e. The van der Waals surface area contributed by atoms with Crippen LogP contribution in [-0.2, 0) is 0 Å². The van der Waals surface area contributed by atoms with Gasteiger partial charge >= 0.3 is 0 Å². The van der Waals surface area contributed by atoms with Gasteiger partial charge in [0.1, 0.15) is 0 Å². The minimum absolute atomic E-state index is 0.465. The van der Waals surface area contributed by atoms with E-state index in [1.807, 2.05) is 0 Å². The number of benzene rings is 1. The number of nitrogens with one attached hydrogen (secondary N) is 1. The molecule has 1 heterocycles. The van der Waals surface area contributed by atoms with E-state index in [1.54, 1.807) is 0 Å². The summed E-state index contributed by atoms with van der Waals surface area (Å²) in [5.41, 5.74) is 3.67. The summed E-state index contributed by atoms with van der Waals surface area (Å²) in [4.78, 5) is 4.66. The van der Waals surface area contributed by atoms with Gasteiger partial charge < -0.3 is 5.32 Å². The normalized spacial score (nSPS) is 16.5. The van der Waals surface area contributed by atoms with Crippen molar-refractivity contribution in [3.8, 4) is 0 Å². The first-order chi connectivity index (χ1) is 9.78. The third-order valence-corrected chi connectivity index (χ3v) is 4.26. The quantitative estimate of drug-likeness (QED) is 0.840. The van der Waals surface area contributed by atoms with Gasteiger partial charge in [-0.3, -0.25) is 4.98 Å². The Morgan fingerprint density at radius 2 is 2.10 bits per heavy atom. The fourth-order valence-corrected chi connectivity index (χ4v) is 3.05. The van der Waals surface area contributed by atoms with Gasteiger partial charge in [-0.15, -0.1) is 0 Å². The summed E-state index contributed by atoms with van der Waals surface area (Å²) in [6, 6.07) is 11.3. The van der Waals surface area contributed by atoms with Crippen molar-refractivity contribution in [1.29, 1.82) is 0 Å². The highest BCUT2D eigenvalue weighted by atomic mass is 14.9. The minimum Gasteiger partial charge on any atom is -0.310 e. The maximum absolute atomic E-state index is 4.66. The molecule has 1 aromatic carbocycles. The number of rotatable bonds is 6. The van der Waals surface area contributed by atoms with E-state index in [1.165, 1.54) is 36.6 Å². The van der Waals surface area contributed by atoms with Crippen LogP contribution in [0.1, 0.15) is 49.9 Å². The minimum atomic E-state index is 0.465. The SMILES string of the molecule is CCNC(CCC1CC1)c1cc(C)nc2ccccc12. The maximum atomic E-state index is 4.66. The van der Waals surface area contributed by atoms with Crippen LogP contribution in [-0.4, -0.2) is 11.5 Å². The van der Waals surface area contributed by atoms with Crippen molar-refractivity contribution < 1.29 is 0 Å². The fraction of sp³-hybridized carbons (Fsp3) is 0.500. The molecule has 1 N–H and O–H groups in total. The second kappa shape index (κ2) is 5.92. The van der Waals surface area contributed by atoms with Gasteiger partial charge in [-0.2, -0.15) is 0 Å². The van der Waals surface area contributed by atoms with E-state index < -0.39 is 0 Å². The standard InChI is InChI=1S/C18H24N2/c1-3-19-17(11-10-14-8-9-14)16-12-13(2)20-18-7-5-4-6-15(16)18/h4-7,12,14,17,19H,3,8-11H2,1-2H3. The van der Waals surface area contributed by atoms with Crippen LogP contribution in [0.2, 0.25) is 0 Å². The predicted octanol–water partition coefficient (Wildman–Crippen LogP) is 4.38. The first-order valence-corrected chi connectivity index (χ1v) is 7.87. The Balaban J connectivity index is 1.94. The van der Waals surface area contributed by atoms with Gasteiger partial charge in [0.15, 0.2) is 0 Å². The van der Waals surface area contributed by atoms with Gasteiger partial charge in [-0.1, -0.05) is 38.0 Å². The van der Waals surface area contributed by atoms with Crippen LogP contribution in [0.15, 0.2) is 30.3 Å². The molecule has 0 bridgehead atoms. The molecule has 0 radical (unpaired) electrons. The van der Waals surface area contributed by atoms with E-state index >= 15 is 0 Å². The molecular formula is C18H24N2. The molecule has 1 unspecified atom stereocenters. The van der Waals surface area contributed by atoms with E-state index in [0.717, 1.165) is 23.7 Å².